The summed E-state index contributed by atoms with van der Waals surface area (Å²) in [6.07, 6.45) is 2.78. The van der Waals surface area contributed by atoms with Crippen LogP contribution in [0.4, 0.5) is 16.3 Å². The molecule has 3 aliphatic heterocycles. The number of aromatic nitrogens is 4. The van der Waals surface area contributed by atoms with Crippen LogP contribution in [0.1, 0.15) is 52.0 Å². The Kier molecular flexibility index (Phi) is 6.12. The van der Waals surface area contributed by atoms with Gasteiger partial charge < -0.3 is 19.6 Å². The van der Waals surface area contributed by atoms with Crippen molar-refractivity contribution in [3.05, 3.63) is 83.4 Å². The Morgan fingerprint density at radius 3 is 2.58 bits per heavy atom. The Balaban J connectivity index is 1.07. The lowest BCUT2D eigenvalue weighted by atomic mass is 9.82. The predicted molar refractivity (Wildman–Crippen MR) is 157 cm³/mol. The molecule has 220 valence electrons. The van der Waals surface area contributed by atoms with E-state index in [1.54, 1.807) is 15.5 Å². The first-order chi connectivity index (χ1) is 20.6. The highest BCUT2D eigenvalue weighted by Gasteiger charge is 2.52. The lowest BCUT2D eigenvalue weighted by Gasteiger charge is -2.26. The van der Waals surface area contributed by atoms with Crippen LogP contribution in [0.3, 0.4) is 0 Å². The number of hydrogen-bond acceptors (Lipinski definition) is 8. The molecule has 0 bridgehead atoms. The van der Waals surface area contributed by atoms with Crippen LogP contribution in [0.15, 0.2) is 60.8 Å². The van der Waals surface area contributed by atoms with Crippen LogP contribution in [0.25, 0.3) is 5.65 Å². The molecule has 4 aromatic rings. The number of carboxylic acid groups (broad SMARTS) is 1. The van der Waals surface area contributed by atoms with Crippen LogP contribution in [0.5, 0.6) is 0 Å². The van der Waals surface area contributed by atoms with Crippen LogP contribution >= 0.6 is 0 Å². The molecule has 1 unspecified atom stereocenters. The zero-order valence-electron chi connectivity index (χ0n) is 23.9. The molecule has 1 N–H and O–H groups in total. The summed E-state index contributed by atoms with van der Waals surface area (Å²) in [5.74, 6) is -1.23. The highest BCUT2D eigenvalue weighted by Crippen LogP contribution is 2.37. The van der Waals surface area contributed by atoms with E-state index in [9.17, 15) is 19.5 Å². The van der Waals surface area contributed by atoms with Crippen molar-refractivity contribution in [2.75, 3.05) is 42.5 Å². The molecule has 3 aromatic heterocycles. The van der Waals surface area contributed by atoms with Gasteiger partial charge in [-0.1, -0.05) is 43.3 Å². The molecule has 0 radical (unpaired) electrons. The van der Waals surface area contributed by atoms with Gasteiger partial charge in [0, 0.05) is 31.5 Å². The first-order valence-corrected chi connectivity index (χ1v) is 14.3. The molecule has 3 fully saturated rings. The van der Waals surface area contributed by atoms with E-state index in [2.05, 4.69) is 57.2 Å². The number of hydrogen-bond donors (Lipinski definition) is 1. The monoisotopic (exact) mass is 581 g/mol. The summed E-state index contributed by atoms with van der Waals surface area (Å²) in [6.45, 7) is 6.77. The minimum atomic E-state index is -1.19. The number of nitrogens with zero attached hydrogens (tertiary/aromatic N) is 7. The van der Waals surface area contributed by atoms with Gasteiger partial charge in [0.05, 0.1) is 25.0 Å². The molecule has 6 heterocycles. The van der Waals surface area contributed by atoms with E-state index in [1.807, 2.05) is 19.2 Å². The van der Waals surface area contributed by atoms with Crippen molar-refractivity contribution >= 4 is 35.1 Å². The third-order valence-corrected chi connectivity index (χ3v) is 8.91. The molecule has 3 saturated heterocycles. The van der Waals surface area contributed by atoms with Crippen molar-refractivity contribution in [2.45, 2.75) is 37.7 Å². The predicted octanol–water partition coefficient (Wildman–Crippen LogP) is 3.54. The summed E-state index contributed by atoms with van der Waals surface area (Å²) in [5, 5.41) is 13.8. The van der Waals surface area contributed by atoms with Crippen LogP contribution in [-0.2, 0) is 10.2 Å². The van der Waals surface area contributed by atoms with Crippen molar-refractivity contribution in [2.24, 2.45) is 0 Å². The molecule has 12 nitrogen and oxygen atoms in total. The third kappa shape index (κ3) is 4.62. The second-order valence-corrected chi connectivity index (χ2v) is 12.0. The molecular weight excluding hydrogens is 550 g/mol. The Labute approximate surface area is 247 Å². The number of carboxylic acids is 1. The summed E-state index contributed by atoms with van der Waals surface area (Å²) in [7, 11) is 0. The number of anilines is 2. The molecule has 1 spiro atoms. The zero-order chi connectivity index (χ0) is 29.9. The summed E-state index contributed by atoms with van der Waals surface area (Å²) in [6, 6.07) is 17.1. The number of ether oxygens (including phenoxy) is 1. The van der Waals surface area contributed by atoms with Gasteiger partial charge in [0.1, 0.15) is 5.82 Å². The van der Waals surface area contributed by atoms with E-state index in [0.29, 0.717) is 18.6 Å². The Morgan fingerprint density at radius 2 is 1.79 bits per heavy atom. The first kappa shape index (κ1) is 26.9. The van der Waals surface area contributed by atoms with Gasteiger partial charge in [0.15, 0.2) is 16.9 Å². The molecule has 2 amide bonds. The average Bonchev–Trinajstić information content (AvgIpc) is 3.79. The Bertz CT molecular complexity index is 1770. The highest BCUT2D eigenvalue weighted by atomic mass is 16.6. The van der Waals surface area contributed by atoms with Gasteiger partial charge in [-0.2, -0.15) is 0 Å². The number of aromatic carboxylic acids is 1. The fourth-order valence-corrected chi connectivity index (χ4v) is 6.52. The maximum atomic E-state index is 13.5. The second kappa shape index (κ2) is 9.79. The molecule has 0 aliphatic carbocycles. The lowest BCUT2D eigenvalue weighted by molar-refractivity contribution is 0.0548. The Morgan fingerprint density at radius 1 is 0.977 bits per heavy atom. The van der Waals surface area contributed by atoms with Gasteiger partial charge in [0.25, 0.3) is 5.91 Å². The van der Waals surface area contributed by atoms with E-state index in [-0.39, 0.29) is 41.7 Å². The summed E-state index contributed by atoms with van der Waals surface area (Å²) in [5.41, 5.74) is 2.87. The Hall–Kier alpha value is -5.00. The maximum absolute atomic E-state index is 13.5. The van der Waals surface area contributed by atoms with Crippen LogP contribution < -0.4 is 9.80 Å². The summed E-state index contributed by atoms with van der Waals surface area (Å²) in [4.78, 5) is 51.6. The SMILES string of the molecule is Cc1cc(N2CC[C@](C)(c3ccccc3)C2)cn2nc(C(=O)N3CCC4(C3)CN(c3cccc(C(=O)O)n3)C(=O)O4)nc12. The maximum Gasteiger partial charge on any atom is 0.416 e. The van der Waals surface area contributed by atoms with E-state index < -0.39 is 17.7 Å². The molecule has 1 aromatic carbocycles. The van der Waals surface area contributed by atoms with Gasteiger partial charge in [0.2, 0.25) is 5.82 Å². The van der Waals surface area contributed by atoms with Gasteiger partial charge in [-0.3, -0.25) is 9.69 Å². The van der Waals surface area contributed by atoms with Crippen molar-refractivity contribution < 1.29 is 24.2 Å². The lowest BCUT2D eigenvalue weighted by Crippen LogP contribution is -2.40. The van der Waals surface area contributed by atoms with Crippen molar-refractivity contribution in [1.29, 1.82) is 0 Å². The average molecular weight is 582 g/mol. The smallest absolute Gasteiger partial charge is 0.416 e. The van der Waals surface area contributed by atoms with Crippen molar-refractivity contribution in [1.82, 2.24) is 24.5 Å². The number of carbonyl (C=O) groups excluding carboxylic acids is 2. The fourth-order valence-electron chi connectivity index (χ4n) is 6.52. The molecule has 2 atom stereocenters. The summed E-state index contributed by atoms with van der Waals surface area (Å²) < 4.78 is 7.43. The normalized spacial score (nSPS) is 23.5. The second-order valence-electron chi connectivity index (χ2n) is 12.0. The quantitative estimate of drug-likeness (QED) is 0.376. The fraction of sp³-hybridized carbons (Fsp3) is 0.355. The van der Waals surface area contributed by atoms with E-state index in [4.69, 9.17) is 4.74 Å². The topological polar surface area (TPSA) is 133 Å². The number of fused-ring (bicyclic) bond motifs is 1. The largest absolute Gasteiger partial charge is 0.477 e. The van der Waals surface area contributed by atoms with Crippen molar-refractivity contribution in [3.63, 3.8) is 0 Å². The number of carbonyl (C=O) groups is 3. The minimum absolute atomic E-state index is 0.0493. The number of amides is 2. The van der Waals surface area contributed by atoms with Gasteiger partial charge in [-0.25, -0.2) is 24.1 Å². The number of rotatable bonds is 5. The van der Waals surface area contributed by atoms with Crippen LogP contribution in [0, 0.1) is 6.92 Å². The molecule has 7 rings (SSSR count). The van der Waals surface area contributed by atoms with E-state index in [1.165, 1.54) is 22.6 Å². The summed E-state index contributed by atoms with van der Waals surface area (Å²) >= 11 is 0. The van der Waals surface area contributed by atoms with Crippen molar-refractivity contribution in [3.8, 4) is 0 Å². The molecule has 43 heavy (non-hydrogen) atoms. The number of aryl methyl sites for hydroxylation is 1. The first-order valence-electron chi connectivity index (χ1n) is 14.3. The standard InChI is InChI=1S/C31H31N7O5/c1-20-15-22(35-13-11-30(2,17-35)21-7-4-3-5-8-21)16-38-26(20)33-25(34-38)27(39)36-14-12-31(18-36)19-37(29(42)43-31)24-10-6-9-23(32-24)28(40)41/h3-10,15-16H,11-14,17-19H2,1-2H3,(H,40,41)/t30-,31?/m0/s1. The number of pyridine rings is 2. The minimum Gasteiger partial charge on any atom is -0.477 e. The molecule has 0 saturated carbocycles. The number of benzene rings is 1. The zero-order valence-corrected chi connectivity index (χ0v) is 23.9. The molecular formula is C31H31N7O5. The molecule has 3 aliphatic rings. The van der Waals surface area contributed by atoms with Crippen LogP contribution in [-0.4, -0.2) is 85.9 Å². The van der Waals surface area contributed by atoms with E-state index in [0.717, 1.165) is 30.8 Å². The molecule has 12 heteroatoms. The van der Waals surface area contributed by atoms with E-state index >= 15 is 0 Å². The van der Waals surface area contributed by atoms with Crippen LogP contribution in [0.2, 0.25) is 0 Å². The van der Waals surface area contributed by atoms with Gasteiger partial charge >= 0.3 is 12.1 Å². The van der Waals surface area contributed by atoms with Gasteiger partial charge in [-0.15, -0.1) is 5.10 Å². The highest BCUT2D eigenvalue weighted by molar-refractivity contribution is 5.93. The number of likely N-dealkylation sites (tertiary alicyclic amines) is 1. The third-order valence-electron chi connectivity index (χ3n) is 8.91. The van der Waals surface area contributed by atoms with Gasteiger partial charge in [-0.05, 0) is 42.7 Å².